The third-order valence-electron chi connectivity index (χ3n) is 5.32. The molecular formula is C21H22N4O5. The molecule has 0 bridgehead atoms. The molecule has 0 radical (unpaired) electrons. The van der Waals surface area contributed by atoms with Crippen LogP contribution in [-0.2, 0) is 11.4 Å². The Bertz CT molecular complexity index is 981. The second-order valence-electron chi connectivity index (χ2n) is 7.16. The zero-order valence-electron chi connectivity index (χ0n) is 16.5. The number of rotatable bonds is 5. The molecular weight excluding hydrogens is 388 g/mol. The maximum atomic E-state index is 12.5. The van der Waals surface area contributed by atoms with Gasteiger partial charge in [0.25, 0.3) is 0 Å². The normalized spacial score (nSPS) is 23.1. The van der Waals surface area contributed by atoms with E-state index < -0.39 is 36.1 Å². The van der Waals surface area contributed by atoms with Crippen molar-refractivity contribution in [1.82, 2.24) is 20.9 Å². The second-order valence-corrected chi connectivity index (χ2v) is 7.16. The van der Waals surface area contributed by atoms with E-state index in [1.165, 1.54) is 19.1 Å². The van der Waals surface area contributed by atoms with Gasteiger partial charge in [0.1, 0.15) is 18.7 Å². The minimum Gasteiger partial charge on any atom is -0.493 e. The minimum atomic E-state index is -0.745. The van der Waals surface area contributed by atoms with Crippen LogP contribution in [0.5, 0.6) is 11.5 Å². The molecule has 2 aromatic rings. The third kappa shape index (κ3) is 3.61. The van der Waals surface area contributed by atoms with Crippen molar-refractivity contribution in [3.05, 3.63) is 59.7 Å². The fourth-order valence-electron chi connectivity index (χ4n) is 3.74. The van der Waals surface area contributed by atoms with Crippen LogP contribution in [0, 0.1) is 5.92 Å². The standard InChI is InChI=1S/C21H22N4O5/c1-25-18-16(19(26)24-21(25)28)17(22-20(27)23-18)13-8-9-14(15(10-13)29-2)30-11-12-6-4-3-5-7-12/h3-10,16-18H,11H2,1-2H3,(H2,22,23,27)(H,24,26,28). The molecule has 2 fully saturated rings. The van der Waals surface area contributed by atoms with Crippen molar-refractivity contribution in [2.75, 3.05) is 14.2 Å². The highest BCUT2D eigenvalue weighted by Crippen LogP contribution is 2.36. The molecule has 2 heterocycles. The number of ether oxygens (including phenoxy) is 2. The Morgan fingerprint density at radius 2 is 1.77 bits per heavy atom. The van der Waals surface area contributed by atoms with Gasteiger partial charge in [-0.05, 0) is 23.3 Å². The number of methoxy groups -OCH3 is 1. The fraction of sp³-hybridized carbons (Fsp3) is 0.286. The lowest BCUT2D eigenvalue weighted by atomic mass is 9.86. The van der Waals surface area contributed by atoms with Gasteiger partial charge in [-0.3, -0.25) is 10.1 Å². The van der Waals surface area contributed by atoms with Crippen LogP contribution in [-0.4, -0.2) is 43.2 Å². The van der Waals surface area contributed by atoms with E-state index in [-0.39, 0.29) is 0 Å². The van der Waals surface area contributed by atoms with E-state index in [4.69, 9.17) is 9.47 Å². The first kappa shape index (κ1) is 19.6. The molecule has 0 aromatic heterocycles. The topological polar surface area (TPSA) is 109 Å². The Kier molecular flexibility index (Phi) is 5.18. The molecule has 3 N–H and O–H groups in total. The van der Waals surface area contributed by atoms with Gasteiger partial charge in [-0.1, -0.05) is 36.4 Å². The number of urea groups is 2. The molecule has 2 aromatic carbocycles. The highest BCUT2D eigenvalue weighted by Gasteiger charge is 2.48. The van der Waals surface area contributed by atoms with Crippen LogP contribution in [0.4, 0.5) is 9.59 Å². The van der Waals surface area contributed by atoms with Gasteiger partial charge in [0.2, 0.25) is 5.91 Å². The summed E-state index contributed by atoms with van der Waals surface area (Å²) in [5, 5.41) is 7.75. The largest absolute Gasteiger partial charge is 0.493 e. The zero-order valence-corrected chi connectivity index (χ0v) is 16.5. The maximum Gasteiger partial charge on any atom is 0.325 e. The predicted molar refractivity (Wildman–Crippen MR) is 107 cm³/mol. The van der Waals surface area contributed by atoms with Crippen LogP contribution < -0.4 is 25.4 Å². The van der Waals surface area contributed by atoms with Crippen LogP contribution in [0.15, 0.2) is 48.5 Å². The summed E-state index contributed by atoms with van der Waals surface area (Å²) < 4.78 is 11.4. The van der Waals surface area contributed by atoms with Crippen LogP contribution in [0.1, 0.15) is 17.2 Å². The van der Waals surface area contributed by atoms with Gasteiger partial charge in [-0.2, -0.15) is 0 Å². The number of hydrogen-bond acceptors (Lipinski definition) is 5. The van der Waals surface area contributed by atoms with Crippen molar-refractivity contribution < 1.29 is 23.9 Å². The summed E-state index contributed by atoms with van der Waals surface area (Å²) in [5.41, 5.74) is 1.69. The third-order valence-corrected chi connectivity index (χ3v) is 5.32. The average molecular weight is 410 g/mol. The van der Waals surface area contributed by atoms with Crippen molar-refractivity contribution in [3.8, 4) is 11.5 Å². The number of nitrogens with zero attached hydrogens (tertiary/aromatic N) is 1. The highest BCUT2D eigenvalue weighted by atomic mass is 16.5. The number of nitrogens with one attached hydrogen (secondary N) is 3. The summed E-state index contributed by atoms with van der Waals surface area (Å²) in [4.78, 5) is 38.0. The molecule has 5 amide bonds. The van der Waals surface area contributed by atoms with Gasteiger partial charge in [0.15, 0.2) is 11.5 Å². The number of amides is 5. The lowest BCUT2D eigenvalue weighted by Gasteiger charge is -2.45. The second kappa shape index (κ2) is 7.94. The quantitative estimate of drug-likeness (QED) is 0.696. The molecule has 156 valence electrons. The smallest absolute Gasteiger partial charge is 0.325 e. The molecule has 0 aliphatic carbocycles. The van der Waals surface area contributed by atoms with Crippen LogP contribution in [0.2, 0.25) is 0 Å². The van der Waals surface area contributed by atoms with Gasteiger partial charge in [-0.25, -0.2) is 9.59 Å². The minimum absolute atomic E-state index is 0.376. The molecule has 9 heteroatoms. The molecule has 30 heavy (non-hydrogen) atoms. The molecule has 9 nitrogen and oxygen atoms in total. The average Bonchev–Trinajstić information content (AvgIpc) is 2.76. The summed E-state index contributed by atoms with van der Waals surface area (Å²) >= 11 is 0. The van der Waals surface area contributed by atoms with E-state index in [0.717, 1.165) is 5.56 Å². The van der Waals surface area contributed by atoms with Crippen LogP contribution >= 0.6 is 0 Å². The summed E-state index contributed by atoms with van der Waals surface area (Å²) in [5.74, 6) is -0.133. The molecule has 2 aliphatic rings. The van der Waals surface area contributed by atoms with E-state index in [2.05, 4.69) is 16.0 Å². The van der Waals surface area contributed by atoms with Gasteiger partial charge in [0, 0.05) is 7.05 Å². The Hall–Kier alpha value is -3.75. The van der Waals surface area contributed by atoms with Gasteiger partial charge < -0.3 is 25.0 Å². The first-order valence-electron chi connectivity index (χ1n) is 9.47. The van der Waals surface area contributed by atoms with Gasteiger partial charge in [0.05, 0.1) is 13.2 Å². The first-order chi connectivity index (χ1) is 14.5. The summed E-state index contributed by atoms with van der Waals surface area (Å²) in [6.07, 6.45) is -0.745. The highest BCUT2D eigenvalue weighted by molar-refractivity contribution is 6.00. The zero-order chi connectivity index (χ0) is 21.3. The van der Waals surface area contributed by atoms with E-state index in [1.807, 2.05) is 30.3 Å². The Labute approximate surface area is 173 Å². The Morgan fingerprint density at radius 3 is 2.50 bits per heavy atom. The predicted octanol–water partition coefficient (Wildman–Crippen LogP) is 1.75. The number of benzene rings is 2. The van der Waals surface area contributed by atoms with E-state index in [0.29, 0.717) is 23.7 Å². The molecule has 0 saturated carbocycles. The molecule has 2 aliphatic heterocycles. The number of fused-ring (bicyclic) bond motifs is 1. The molecule has 0 spiro atoms. The first-order valence-corrected chi connectivity index (χ1v) is 9.47. The Morgan fingerprint density at radius 1 is 1.00 bits per heavy atom. The molecule has 3 atom stereocenters. The van der Waals surface area contributed by atoms with Crippen molar-refractivity contribution in [2.24, 2.45) is 5.92 Å². The van der Waals surface area contributed by atoms with Crippen molar-refractivity contribution in [1.29, 1.82) is 0 Å². The monoisotopic (exact) mass is 410 g/mol. The number of carbonyl (C=O) groups is 3. The summed E-state index contributed by atoms with van der Waals surface area (Å²) in [6, 6.07) is 13.3. The Balaban J connectivity index is 1.60. The molecule has 2 saturated heterocycles. The van der Waals surface area contributed by atoms with E-state index >= 15 is 0 Å². The lowest BCUT2D eigenvalue weighted by Crippen LogP contribution is -2.71. The van der Waals surface area contributed by atoms with Gasteiger partial charge in [-0.15, -0.1) is 0 Å². The molecule has 4 rings (SSSR count). The fourth-order valence-corrected chi connectivity index (χ4v) is 3.74. The lowest BCUT2D eigenvalue weighted by molar-refractivity contribution is -0.130. The number of carbonyl (C=O) groups excluding carboxylic acids is 3. The van der Waals surface area contributed by atoms with E-state index in [1.54, 1.807) is 18.2 Å². The van der Waals surface area contributed by atoms with Crippen LogP contribution in [0.3, 0.4) is 0 Å². The number of imide groups is 1. The maximum absolute atomic E-state index is 12.5. The summed E-state index contributed by atoms with van der Waals surface area (Å²) in [6.45, 7) is 0.376. The van der Waals surface area contributed by atoms with Crippen LogP contribution in [0.25, 0.3) is 0 Å². The summed E-state index contributed by atoms with van der Waals surface area (Å²) in [7, 11) is 3.06. The van der Waals surface area contributed by atoms with Crippen molar-refractivity contribution >= 4 is 18.0 Å². The van der Waals surface area contributed by atoms with Crippen molar-refractivity contribution in [2.45, 2.75) is 18.8 Å². The van der Waals surface area contributed by atoms with Gasteiger partial charge >= 0.3 is 12.1 Å². The van der Waals surface area contributed by atoms with Crippen molar-refractivity contribution in [3.63, 3.8) is 0 Å². The SMILES string of the molecule is COc1cc(C2NC(=O)NC3C2C(=O)NC(=O)N3C)ccc1OCc1ccccc1. The molecule has 3 unspecified atom stereocenters. The van der Waals surface area contributed by atoms with E-state index in [9.17, 15) is 14.4 Å². The number of hydrogen-bond donors (Lipinski definition) is 3.